The molecule has 3 N–H and O–H groups in total. The Morgan fingerprint density at radius 1 is 1.53 bits per heavy atom. The Morgan fingerprint density at radius 2 is 2.21 bits per heavy atom. The van der Waals surface area contributed by atoms with Gasteiger partial charge in [0.05, 0.1) is 23.9 Å². The number of amides is 2. The number of urea groups is 1. The number of carbonyl (C=O) groups excluding carboxylic acids is 1. The molecular weight excluding hydrogens is 314 g/mol. The van der Waals surface area contributed by atoms with Crippen molar-refractivity contribution in [2.45, 2.75) is 20.0 Å². The van der Waals surface area contributed by atoms with Crippen LogP contribution in [0, 0.1) is 0 Å². The molecule has 2 amide bonds. The molecule has 1 rings (SSSR count). The van der Waals surface area contributed by atoms with Gasteiger partial charge in [0.15, 0.2) is 11.5 Å². The van der Waals surface area contributed by atoms with Crippen molar-refractivity contribution < 1.29 is 14.3 Å². The fourth-order valence-electron chi connectivity index (χ4n) is 1.33. The van der Waals surface area contributed by atoms with Crippen LogP contribution in [0.3, 0.4) is 0 Å². The average Bonchev–Trinajstić information content (AvgIpc) is 2.31. The highest BCUT2D eigenvalue weighted by Gasteiger charge is 2.12. The van der Waals surface area contributed by atoms with Gasteiger partial charge in [0, 0.05) is 0 Å². The lowest BCUT2D eigenvalue weighted by atomic mass is 10.2. The highest BCUT2D eigenvalue weighted by atomic mass is 79.9. The van der Waals surface area contributed by atoms with E-state index in [2.05, 4.69) is 26.5 Å². The van der Waals surface area contributed by atoms with E-state index in [1.807, 2.05) is 13.8 Å². The van der Waals surface area contributed by atoms with Crippen LogP contribution in [-0.4, -0.2) is 25.5 Å². The fourth-order valence-corrected chi connectivity index (χ4v) is 1.89. The lowest BCUT2D eigenvalue weighted by Gasteiger charge is -2.15. The molecule has 6 nitrogen and oxygen atoms in total. The molecule has 104 valence electrons. The normalized spacial score (nSPS) is 10.8. The van der Waals surface area contributed by atoms with Crippen LogP contribution in [0.5, 0.6) is 11.5 Å². The molecule has 0 spiro atoms. The summed E-state index contributed by atoms with van der Waals surface area (Å²) in [5.74, 6) is 1.20. The molecule has 1 aromatic carbocycles. The van der Waals surface area contributed by atoms with Gasteiger partial charge in [-0.3, -0.25) is 0 Å². The van der Waals surface area contributed by atoms with Crippen LogP contribution >= 0.6 is 15.9 Å². The van der Waals surface area contributed by atoms with E-state index >= 15 is 0 Å². The molecule has 1 aromatic rings. The van der Waals surface area contributed by atoms with Crippen molar-refractivity contribution in [2.75, 3.05) is 7.11 Å². The first kappa shape index (κ1) is 15.3. The maximum Gasteiger partial charge on any atom is 0.332 e. The van der Waals surface area contributed by atoms with E-state index in [0.29, 0.717) is 11.5 Å². The number of nitrogens with zero attached hydrogens (tertiary/aromatic N) is 1. The largest absolute Gasteiger partial charge is 0.493 e. The fraction of sp³-hybridized carbons (Fsp3) is 0.333. The number of benzene rings is 1. The molecule has 7 heteroatoms. The van der Waals surface area contributed by atoms with Crippen LogP contribution < -0.4 is 20.6 Å². The minimum Gasteiger partial charge on any atom is -0.493 e. The van der Waals surface area contributed by atoms with E-state index in [9.17, 15) is 4.79 Å². The van der Waals surface area contributed by atoms with Gasteiger partial charge in [-0.15, -0.1) is 0 Å². The maximum atomic E-state index is 10.5. The second-order valence-electron chi connectivity index (χ2n) is 3.93. The summed E-state index contributed by atoms with van der Waals surface area (Å²) in [4.78, 5) is 10.5. The monoisotopic (exact) mass is 329 g/mol. The summed E-state index contributed by atoms with van der Waals surface area (Å²) in [6.45, 7) is 3.86. The number of primary amides is 1. The van der Waals surface area contributed by atoms with Crippen LogP contribution in [0.2, 0.25) is 0 Å². The molecule has 0 aliphatic heterocycles. The van der Waals surface area contributed by atoms with Gasteiger partial charge in [-0.25, -0.2) is 10.2 Å². The molecule has 19 heavy (non-hydrogen) atoms. The predicted molar refractivity (Wildman–Crippen MR) is 76.8 cm³/mol. The number of hydrogen-bond acceptors (Lipinski definition) is 4. The Kier molecular flexibility index (Phi) is 5.62. The summed E-state index contributed by atoms with van der Waals surface area (Å²) in [5.41, 5.74) is 7.75. The Balaban J connectivity index is 3.01. The molecule has 0 fully saturated rings. The summed E-state index contributed by atoms with van der Waals surface area (Å²) >= 11 is 3.41. The first-order valence-electron chi connectivity index (χ1n) is 5.56. The zero-order valence-electron chi connectivity index (χ0n) is 10.9. The number of nitrogens with one attached hydrogen (secondary N) is 1. The van der Waals surface area contributed by atoms with Gasteiger partial charge in [0.1, 0.15) is 0 Å². The summed E-state index contributed by atoms with van der Waals surface area (Å²) in [6.07, 6.45) is 1.48. The van der Waals surface area contributed by atoms with Crippen molar-refractivity contribution in [1.82, 2.24) is 5.43 Å². The molecular formula is C12H16BrN3O3. The summed E-state index contributed by atoms with van der Waals surface area (Å²) in [5, 5.41) is 3.68. The molecule has 0 aliphatic rings. The van der Waals surface area contributed by atoms with Crippen LogP contribution in [0.25, 0.3) is 0 Å². The Bertz CT molecular complexity index is 489. The van der Waals surface area contributed by atoms with Crippen molar-refractivity contribution in [3.8, 4) is 11.5 Å². The van der Waals surface area contributed by atoms with E-state index in [0.717, 1.165) is 10.0 Å². The van der Waals surface area contributed by atoms with Crippen LogP contribution in [0.4, 0.5) is 4.79 Å². The van der Waals surface area contributed by atoms with Crippen molar-refractivity contribution >= 4 is 28.2 Å². The van der Waals surface area contributed by atoms with E-state index < -0.39 is 6.03 Å². The number of hydrogen-bond donors (Lipinski definition) is 2. The van der Waals surface area contributed by atoms with E-state index in [1.54, 1.807) is 19.2 Å². The third-order valence-electron chi connectivity index (χ3n) is 1.99. The van der Waals surface area contributed by atoms with Gasteiger partial charge < -0.3 is 15.2 Å². The number of halogens is 1. The summed E-state index contributed by atoms with van der Waals surface area (Å²) in [6, 6.07) is 2.82. The highest BCUT2D eigenvalue weighted by Crippen LogP contribution is 2.36. The zero-order chi connectivity index (χ0) is 14.4. The highest BCUT2D eigenvalue weighted by molar-refractivity contribution is 9.10. The Labute approximate surface area is 120 Å². The predicted octanol–water partition coefficient (Wildman–Crippen LogP) is 2.25. The summed E-state index contributed by atoms with van der Waals surface area (Å²) < 4.78 is 11.7. The molecule has 0 saturated carbocycles. The number of carbonyl (C=O) groups is 1. The molecule has 0 aliphatic carbocycles. The van der Waals surface area contributed by atoms with Crippen LogP contribution in [0.1, 0.15) is 19.4 Å². The van der Waals surface area contributed by atoms with E-state index in [-0.39, 0.29) is 6.10 Å². The maximum absolute atomic E-state index is 10.5. The number of methoxy groups -OCH3 is 1. The third-order valence-corrected chi connectivity index (χ3v) is 2.58. The molecule has 0 radical (unpaired) electrons. The second-order valence-corrected chi connectivity index (χ2v) is 4.79. The molecule has 0 heterocycles. The third kappa shape index (κ3) is 4.78. The van der Waals surface area contributed by atoms with Crippen molar-refractivity contribution in [3.63, 3.8) is 0 Å². The smallest absolute Gasteiger partial charge is 0.332 e. The average molecular weight is 330 g/mol. The number of nitrogens with two attached hydrogens (primary N) is 1. The van der Waals surface area contributed by atoms with Gasteiger partial charge in [-0.2, -0.15) is 5.10 Å². The standard InChI is InChI=1S/C12H16BrN3O3/c1-7(2)19-11-9(13)4-8(5-10(11)18-3)6-15-16-12(14)17/h4-7H,1-3H3,(H3,14,16,17)/b15-6+. The lowest BCUT2D eigenvalue weighted by molar-refractivity contribution is 0.228. The quantitative estimate of drug-likeness (QED) is 0.641. The number of ether oxygens (including phenoxy) is 2. The van der Waals surface area contributed by atoms with Gasteiger partial charge in [0.2, 0.25) is 0 Å². The minimum atomic E-state index is -0.720. The topological polar surface area (TPSA) is 85.9 Å². The van der Waals surface area contributed by atoms with Gasteiger partial charge in [-0.05, 0) is 47.5 Å². The van der Waals surface area contributed by atoms with Crippen LogP contribution in [0.15, 0.2) is 21.7 Å². The Morgan fingerprint density at radius 3 is 2.74 bits per heavy atom. The first-order chi connectivity index (χ1) is 8.93. The number of rotatable bonds is 5. The molecule has 0 saturated heterocycles. The van der Waals surface area contributed by atoms with Gasteiger partial charge in [0.25, 0.3) is 0 Å². The SMILES string of the molecule is COc1cc(/C=N/NC(N)=O)cc(Br)c1OC(C)C. The zero-order valence-corrected chi connectivity index (χ0v) is 12.5. The number of hydrazone groups is 1. The van der Waals surface area contributed by atoms with Crippen molar-refractivity contribution in [1.29, 1.82) is 0 Å². The lowest BCUT2D eigenvalue weighted by Crippen LogP contribution is -2.24. The first-order valence-corrected chi connectivity index (χ1v) is 6.36. The van der Waals surface area contributed by atoms with Gasteiger partial charge in [-0.1, -0.05) is 0 Å². The molecule has 0 unspecified atom stereocenters. The minimum absolute atomic E-state index is 0.0289. The Hall–Kier alpha value is -1.76. The van der Waals surface area contributed by atoms with Gasteiger partial charge >= 0.3 is 6.03 Å². The van der Waals surface area contributed by atoms with E-state index in [4.69, 9.17) is 15.2 Å². The molecule has 0 aromatic heterocycles. The molecule has 0 atom stereocenters. The van der Waals surface area contributed by atoms with Crippen molar-refractivity contribution in [3.05, 3.63) is 22.2 Å². The summed E-state index contributed by atoms with van der Waals surface area (Å²) in [7, 11) is 1.55. The van der Waals surface area contributed by atoms with Crippen molar-refractivity contribution in [2.24, 2.45) is 10.8 Å². The second kappa shape index (κ2) is 6.98. The van der Waals surface area contributed by atoms with E-state index in [1.165, 1.54) is 6.21 Å². The van der Waals surface area contributed by atoms with Crippen LogP contribution in [-0.2, 0) is 0 Å². The molecule has 0 bridgehead atoms.